The van der Waals surface area contributed by atoms with Crippen molar-refractivity contribution in [2.45, 2.75) is 13.3 Å². The maximum absolute atomic E-state index is 2.23. The van der Waals surface area contributed by atoms with E-state index in [1.54, 1.807) is 0 Å². The van der Waals surface area contributed by atoms with Gasteiger partial charge in [-0.1, -0.05) is 6.92 Å². The summed E-state index contributed by atoms with van der Waals surface area (Å²) in [7, 11) is 4.46. The highest BCUT2D eigenvalue weighted by molar-refractivity contribution is 7.93. The molecule has 1 nitrogen and oxygen atoms in total. The quantitative estimate of drug-likeness (QED) is 0.418. The van der Waals surface area contributed by atoms with Crippen LogP contribution >= 0.6 is 11.9 Å². The van der Waals surface area contributed by atoms with Gasteiger partial charge in [0.15, 0.2) is 0 Å². The van der Waals surface area contributed by atoms with Gasteiger partial charge in [-0.2, -0.15) is 0 Å². The number of quaternary nitrogens is 1. The van der Waals surface area contributed by atoms with Gasteiger partial charge in [0.1, 0.15) is 0 Å². The molecule has 0 fully saturated rings. The lowest BCUT2D eigenvalue weighted by Gasteiger charge is -2.23. The van der Waals surface area contributed by atoms with Gasteiger partial charge in [-0.25, -0.2) is 0 Å². The summed E-state index contributed by atoms with van der Waals surface area (Å²) in [5, 5.41) is 0. The maximum atomic E-state index is 2.23. The van der Waals surface area contributed by atoms with E-state index in [-0.39, 0.29) is 0 Å². The average molecular weight is 134 g/mol. The van der Waals surface area contributed by atoms with Gasteiger partial charge in [-0.15, -0.1) is 0 Å². The van der Waals surface area contributed by atoms with Gasteiger partial charge in [0, 0.05) is 6.26 Å². The third-order valence-electron chi connectivity index (χ3n) is 1.26. The summed E-state index contributed by atoms with van der Waals surface area (Å²) in [5.74, 6) is 0. The molecule has 0 saturated carbocycles. The molecular formula is C6H16NS+. The highest BCUT2D eigenvalue weighted by Gasteiger charge is 2.10. The molecule has 8 heavy (non-hydrogen) atoms. The van der Waals surface area contributed by atoms with Gasteiger partial charge in [0.2, 0.25) is 0 Å². The number of hydrogen-bond donors (Lipinski definition) is 0. The zero-order valence-electron chi connectivity index (χ0n) is 6.27. The minimum atomic E-state index is 1.08. The monoisotopic (exact) mass is 134 g/mol. The van der Waals surface area contributed by atoms with Crippen molar-refractivity contribution >= 4 is 11.9 Å². The van der Waals surface area contributed by atoms with Gasteiger partial charge in [-0.3, -0.25) is 3.89 Å². The molecule has 2 heteroatoms. The zero-order valence-corrected chi connectivity index (χ0v) is 7.09. The van der Waals surface area contributed by atoms with Crippen molar-refractivity contribution in [2.75, 3.05) is 26.9 Å². The number of rotatable bonds is 3. The van der Waals surface area contributed by atoms with Crippen LogP contribution in [0.1, 0.15) is 13.3 Å². The van der Waals surface area contributed by atoms with Crippen molar-refractivity contribution < 1.29 is 3.89 Å². The molecule has 0 rings (SSSR count). The summed E-state index contributed by atoms with van der Waals surface area (Å²) < 4.78 is 1.08. The fraction of sp³-hybridized carbons (Fsp3) is 1.00. The van der Waals surface area contributed by atoms with E-state index >= 15 is 0 Å². The van der Waals surface area contributed by atoms with Crippen LogP contribution in [0.3, 0.4) is 0 Å². The Kier molecular flexibility index (Phi) is 3.49. The second-order valence-corrected chi connectivity index (χ2v) is 3.83. The molecule has 50 valence electrons. The molecule has 0 unspecified atom stereocenters. The third-order valence-corrected chi connectivity index (χ3v) is 2.43. The molecule has 0 heterocycles. The van der Waals surface area contributed by atoms with Crippen LogP contribution in [0.25, 0.3) is 0 Å². The Hall–Kier alpha value is 0.310. The van der Waals surface area contributed by atoms with E-state index in [1.165, 1.54) is 13.0 Å². The van der Waals surface area contributed by atoms with Gasteiger partial charge >= 0.3 is 0 Å². The van der Waals surface area contributed by atoms with Gasteiger partial charge in [0.05, 0.1) is 32.6 Å². The zero-order chi connectivity index (χ0) is 6.62. The second kappa shape index (κ2) is 3.36. The van der Waals surface area contributed by atoms with E-state index in [2.05, 4.69) is 27.3 Å². The van der Waals surface area contributed by atoms with E-state index in [1.807, 2.05) is 11.9 Å². The highest BCUT2D eigenvalue weighted by Crippen LogP contribution is 2.11. The van der Waals surface area contributed by atoms with E-state index in [4.69, 9.17) is 0 Å². The highest BCUT2D eigenvalue weighted by atomic mass is 32.2. The predicted molar refractivity (Wildman–Crippen MR) is 40.8 cm³/mol. The first-order valence-corrected chi connectivity index (χ1v) is 4.19. The fourth-order valence-electron chi connectivity index (χ4n) is 0.630. The fourth-order valence-corrected chi connectivity index (χ4v) is 0.995. The second-order valence-electron chi connectivity index (χ2n) is 2.48. The summed E-state index contributed by atoms with van der Waals surface area (Å²) >= 11 is 1.89. The van der Waals surface area contributed by atoms with Gasteiger partial charge < -0.3 is 0 Å². The molecule has 0 saturated heterocycles. The van der Waals surface area contributed by atoms with E-state index in [9.17, 15) is 0 Å². The summed E-state index contributed by atoms with van der Waals surface area (Å²) in [6.45, 7) is 3.48. The normalized spacial score (nSPS) is 12.0. The molecular weight excluding hydrogens is 118 g/mol. The Morgan fingerprint density at radius 3 is 2.00 bits per heavy atom. The molecule has 0 atom stereocenters. The van der Waals surface area contributed by atoms with Crippen LogP contribution in [0.2, 0.25) is 0 Å². The summed E-state index contributed by atoms with van der Waals surface area (Å²) in [6.07, 6.45) is 3.42. The predicted octanol–water partition coefficient (Wildman–Crippen LogP) is 1.75. The van der Waals surface area contributed by atoms with Crippen molar-refractivity contribution in [3.8, 4) is 0 Å². The van der Waals surface area contributed by atoms with Crippen LogP contribution in [-0.4, -0.2) is 30.8 Å². The molecule has 0 amide bonds. The van der Waals surface area contributed by atoms with Gasteiger partial charge in [0.25, 0.3) is 0 Å². The molecule has 0 aromatic rings. The van der Waals surface area contributed by atoms with Crippen LogP contribution in [0.4, 0.5) is 0 Å². The van der Waals surface area contributed by atoms with Crippen molar-refractivity contribution in [1.29, 1.82) is 0 Å². The van der Waals surface area contributed by atoms with E-state index in [0.717, 1.165) is 3.89 Å². The maximum Gasteiger partial charge on any atom is 0.0885 e. The average Bonchev–Trinajstić information content (AvgIpc) is 1.67. The Bertz CT molecular complexity index is 61.5. The first-order chi connectivity index (χ1) is 3.62. The minimum Gasteiger partial charge on any atom is -0.267 e. The van der Waals surface area contributed by atoms with Crippen LogP contribution in [0.5, 0.6) is 0 Å². The molecule has 0 N–H and O–H groups in total. The van der Waals surface area contributed by atoms with Crippen molar-refractivity contribution in [3.63, 3.8) is 0 Å². The molecule has 0 aromatic carbocycles. The molecule has 0 bridgehead atoms. The standard InChI is InChI=1S/C6H16NS/c1-5-6-7(2,3)8-4/h5-6H2,1-4H3/q+1. The third kappa shape index (κ3) is 3.33. The van der Waals surface area contributed by atoms with Crippen molar-refractivity contribution in [2.24, 2.45) is 0 Å². The number of nitrogens with zero attached hydrogens (tertiary/aromatic N) is 1. The summed E-state index contributed by atoms with van der Waals surface area (Å²) in [5.41, 5.74) is 0. The van der Waals surface area contributed by atoms with E-state index in [0.29, 0.717) is 0 Å². The topological polar surface area (TPSA) is 0 Å². The van der Waals surface area contributed by atoms with E-state index < -0.39 is 0 Å². The first kappa shape index (κ1) is 8.31. The first-order valence-electron chi connectivity index (χ1n) is 3.01. The van der Waals surface area contributed by atoms with Crippen LogP contribution in [-0.2, 0) is 0 Å². The van der Waals surface area contributed by atoms with Crippen molar-refractivity contribution in [3.05, 3.63) is 0 Å². The molecule has 0 aliphatic heterocycles. The molecule has 0 aliphatic carbocycles. The summed E-state index contributed by atoms with van der Waals surface area (Å²) in [6, 6.07) is 0. The lowest BCUT2D eigenvalue weighted by Crippen LogP contribution is -2.31. The SMILES string of the molecule is CCC[N+](C)(C)SC. The van der Waals surface area contributed by atoms with Crippen LogP contribution in [0.15, 0.2) is 0 Å². The summed E-state index contributed by atoms with van der Waals surface area (Å²) in [4.78, 5) is 0. The van der Waals surface area contributed by atoms with Crippen LogP contribution in [0, 0.1) is 0 Å². The Labute approximate surface area is 56.8 Å². The Morgan fingerprint density at radius 1 is 1.38 bits per heavy atom. The smallest absolute Gasteiger partial charge is 0.0885 e. The Morgan fingerprint density at radius 2 is 1.88 bits per heavy atom. The van der Waals surface area contributed by atoms with Crippen LogP contribution < -0.4 is 0 Å². The molecule has 0 aromatic heterocycles. The lowest BCUT2D eigenvalue weighted by atomic mass is 10.5. The van der Waals surface area contributed by atoms with Crippen molar-refractivity contribution in [1.82, 2.24) is 0 Å². The number of hydrogen-bond acceptors (Lipinski definition) is 1. The van der Waals surface area contributed by atoms with Gasteiger partial charge in [-0.05, 0) is 6.42 Å². The minimum absolute atomic E-state index is 1.08. The lowest BCUT2D eigenvalue weighted by molar-refractivity contribution is -0.750. The molecule has 0 radical (unpaired) electrons. The Balaban J connectivity index is 3.37. The molecule has 0 spiro atoms. The molecule has 0 aliphatic rings. The largest absolute Gasteiger partial charge is 0.267 e.